The molecule has 0 atom stereocenters. The van der Waals surface area contributed by atoms with E-state index in [1.807, 2.05) is 71.4 Å². The maximum atomic E-state index is 12.4. The summed E-state index contributed by atoms with van der Waals surface area (Å²) in [6, 6.07) is 19.2. The molecule has 0 bridgehead atoms. The van der Waals surface area contributed by atoms with Crippen molar-refractivity contribution in [1.29, 1.82) is 0 Å². The van der Waals surface area contributed by atoms with Crippen molar-refractivity contribution in [1.82, 2.24) is 5.32 Å². The van der Waals surface area contributed by atoms with E-state index in [0.29, 0.717) is 22.5 Å². The van der Waals surface area contributed by atoms with Gasteiger partial charge in [0.05, 0.1) is 11.4 Å². The summed E-state index contributed by atoms with van der Waals surface area (Å²) in [4.78, 5) is 26.4. The monoisotopic (exact) mass is 377 g/mol. The van der Waals surface area contributed by atoms with Crippen molar-refractivity contribution >= 4 is 45.1 Å². The molecule has 4 rings (SSSR count). The van der Waals surface area contributed by atoms with Gasteiger partial charge in [0.1, 0.15) is 0 Å². The molecule has 0 saturated carbocycles. The van der Waals surface area contributed by atoms with E-state index in [-0.39, 0.29) is 11.7 Å². The van der Waals surface area contributed by atoms with E-state index in [1.165, 1.54) is 22.7 Å². The Morgan fingerprint density at radius 3 is 2.54 bits per heavy atom. The largest absolute Gasteiger partial charge is 0.347 e. The zero-order valence-corrected chi connectivity index (χ0v) is 15.4. The Balaban J connectivity index is 1.43. The van der Waals surface area contributed by atoms with Crippen molar-refractivity contribution in [2.24, 2.45) is 0 Å². The number of thiophene rings is 2. The molecule has 0 aliphatic rings. The van der Waals surface area contributed by atoms with Gasteiger partial charge < -0.3 is 5.32 Å². The SMILES string of the molecule is O=C(NCc1ccc(C(=O)c2ccsc2)s1)c1ccc2ccccc2c1. The van der Waals surface area contributed by atoms with Crippen LogP contribution in [-0.4, -0.2) is 11.7 Å². The first kappa shape index (κ1) is 16.7. The maximum absolute atomic E-state index is 12.4. The van der Waals surface area contributed by atoms with Crippen LogP contribution in [0.15, 0.2) is 71.4 Å². The Kier molecular flexibility index (Phi) is 4.65. The summed E-state index contributed by atoms with van der Waals surface area (Å²) >= 11 is 2.93. The Bertz CT molecular complexity index is 1080. The van der Waals surface area contributed by atoms with Crippen LogP contribution in [0.25, 0.3) is 10.8 Å². The number of amides is 1. The lowest BCUT2D eigenvalue weighted by molar-refractivity contribution is 0.0951. The number of nitrogens with one attached hydrogen (secondary N) is 1. The summed E-state index contributed by atoms with van der Waals surface area (Å²) in [5.41, 5.74) is 1.35. The molecular formula is C21H15NO2S2. The third kappa shape index (κ3) is 3.45. The molecule has 0 spiro atoms. The lowest BCUT2D eigenvalue weighted by Crippen LogP contribution is -2.22. The molecule has 3 nitrogen and oxygen atoms in total. The van der Waals surface area contributed by atoms with Crippen molar-refractivity contribution in [2.45, 2.75) is 6.54 Å². The second kappa shape index (κ2) is 7.23. The number of fused-ring (bicyclic) bond motifs is 1. The quantitative estimate of drug-likeness (QED) is 0.491. The zero-order valence-electron chi connectivity index (χ0n) is 13.8. The molecule has 0 radical (unpaired) electrons. The summed E-state index contributed by atoms with van der Waals surface area (Å²) in [6.07, 6.45) is 0. The second-order valence-corrected chi connectivity index (χ2v) is 7.80. The lowest BCUT2D eigenvalue weighted by atomic mass is 10.1. The van der Waals surface area contributed by atoms with Gasteiger partial charge in [-0.3, -0.25) is 9.59 Å². The van der Waals surface area contributed by atoms with Crippen molar-refractivity contribution < 1.29 is 9.59 Å². The molecule has 2 aromatic carbocycles. The van der Waals surface area contributed by atoms with Crippen molar-refractivity contribution in [3.63, 3.8) is 0 Å². The molecule has 0 aliphatic carbocycles. The highest BCUT2D eigenvalue weighted by Gasteiger charge is 2.13. The van der Waals surface area contributed by atoms with Gasteiger partial charge in [0.25, 0.3) is 5.91 Å². The normalized spacial score (nSPS) is 10.8. The fourth-order valence-corrected chi connectivity index (χ4v) is 4.28. The maximum Gasteiger partial charge on any atom is 0.251 e. The molecule has 5 heteroatoms. The summed E-state index contributed by atoms with van der Waals surface area (Å²) in [7, 11) is 0. The average Bonchev–Trinajstić information content (AvgIpc) is 3.37. The number of rotatable bonds is 5. The molecular weight excluding hydrogens is 362 g/mol. The van der Waals surface area contributed by atoms with Gasteiger partial charge in [0, 0.05) is 21.4 Å². The van der Waals surface area contributed by atoms with Crippen LogP contribution in [0.2, 0.25) is 0 Å². The third-order valence-corrected chi connectivity index (χ3v) is 5.87. The molecule has 128 valence electrons. The Labute approximate surface area is 158 Å². The number of benzene rings is 2. The summed E-state index contributed by atoms with van der Waals surface area (Å²) in [5.74, 6) is -0.0850. The van der Waals surface area contributed by atoms with E-state index in [9.17, 15) is 9.59 Å². The predicted octanol–water partition coefficient (Wildman–Crippen LogP) is 5.12. The first-order valence-corrected chi connectivity index (χ1v) is 9.89. The third-order valence-electron chi connectivity index (χ3n) is 4.10. The fourth-order valence-electron chi connectivity index (χ4n) is 2.73. The van der Waals surface area contributed by atoms with E-state index in [2.05, 4.69) is 5.32 Å². The number of carbonyl (C=O) groups is 2. The summed E-state index contributed by atoms with van der Waals surface area (Å²) in [6.45, 7) is 0.410. The van der Waals surface area contributed by atoms with Crippen LogP contribution in [0.4, 0.5) is 0 Å². The van der Waals surface area contributed by atoms with Gasteiger partial charge in [-0.2, -0.15) is 11.3 Å². The van der Waals surface area contributed by atoms with E-state index in [0.717, 1.165) is 15.6 Å². The zero-order chi connectivity index (χ0) is 17.9. The van der Waals surface area contributed by atoms with Crippen molar-refractivity contribution in [3.8, 4) is 0 Å². The molecule has 0 unspecified atom stereocenters. The first-order chi connectivity index (χ1) is 12.7. The van der Waals surface area contributed by atoms with Gasteiger partial charge >= 0.3 is 0 Å². The van der Waals surface area contributed by atoms with Crippen LogP contribution >= 0.6 is 22.7 Å². The second-order valence-electron chi connectivity index (χ2n) is 5.85. The van der Waals surface area contributed by atoms with Crippen LogP contribution in [0, 0.1) is 0 Å². The standard InChI is InChI=1S/C21H15NO2S2/c23-20(17-9-10-25-13-17)19-8-7-18(26-19)12-22-21(24)16-6-5-14-3-1-2-4-15(14)11-16/h1-11,13H,12H2,(H,22,24). The number of ketones is 1. The minimum Gasteiger partial charge on any atom is -0.347 e. The van der Waals surface area contributed by atoms with E-state index < -0.39 is 0 Å². The van der Waals surface area contributed by atoms with Crippen molar-refractivity contribution in [2.75, 3.05) is 0 Å². The summed E-state index contributed by atoms with van der Waals surface area (Å²) < 4.78 is 0. The molecule has 2 heterocycles. The number of hydrogen-bond donors (Lipinski definition) is 1. The molecule has 0 aliphatic heterocycles. The van der Waals surface area contributed by atoms with Crippen molar-refractivity contribution in [3.05, 3.63) is 92.3 Å². The average molecular weight is 377 g/mol. The van der Waals surface area contributed by atoms with E-state index in [4.69, 9.17) is 0 Å². The van der Waals surface area contributed by atoms with Gasteiger partial charge in [-0.25, -0.2) is 0 Å². The first-order valence-electron chi connectivity index (χ1n) is 8.13. The Morgan fingerprint density at radius 2 is 1.73 bits per heavy atom. The number of hydrogen-bond acceptors (Lipinski definition) is 4. The van der Waals surface area contributed by atoms with Gasteiger partial charge in [0.15, 0.2) is 0 Å². The fraction of sp³-hybridized carbons (Fsp3) is 0.0476. The van der Waals surface area contributed by atoms with Crippen LogP contribution < -0.4 is 5.32 Å². The predicted molar refractivity (Wildman–Crippen MR) is 107 cm³/mol. The minimum absolute atomic E-state index is 0.0309. The molecule has 0 saturated heterocycles. The highest BCUT2D eigenvalue weighted by Crippen LogP contribution is 2.21. The van der Waals surface area contributed by atoms with Crippen LogP contribution in [0.1, 0.15) is 30.5 Å². The molecule has 2 aromatic heterocycles. The van der Waals surface area contributed by atoms with Gasteiger partial charge in [-0.1, -0.05) is 30.3 Å². The van der Waals surface area contributed by atoms with Gasteiger partial charge in [0.2, 0.25) is 5.78 Å². The molecule has 26 heavy (non-hydrogen) atoms. The molecule has 1 amide bonds. The molecule has 0 fully saturated rings. The van der Waals surface area contributed by atoms with Crippen LogP contribution in [0.3, 0.4) is 0 Å². The van der Waals surface area contributed by atoms with E-state index >= 15 is 0 Å². The highest BCUT2D eigenvalue weighted by atomic mass is 32.1. The topological polar surface area (TPSA) is 46.2 Å². The highest BCUT2D eigenvalue weighted by molar-refractivity contribution is 7.14. The van der Waals surface area contributed by atoms with Gasteiger partial charge in [-0.05, 0) is 46.5 Å². The number of carbonyl (C=O) groups excluding carboxylic acids is 2. The molecule has 1 N–H and O–H groups in total. The Morgan fingerprint density at radius 1 is 0.885 bits per heavy atom. The van der Waals surface area contributed by atoms with Crippen LogP contribution in [0.5, 0.6) is 0 Å². The van der Waals surface area contributed by atoms with E-state index in [1.54, 1.807) is 0 Å². The Hall–Kier alpha value is -2.76. The lowest BCUT2D eigenvalue weighted by Gasteiger charge is -2.05. The molecule has 4 aromatic rings. The summed E-state index contributed by atoms with van der Waals surface area (Å²) in [5, 5.41) is 8.83. The van der Waals surface area contributed by atoms with Crippen LogP contribution in [-0.2, 0) is 6.54 Å². The van der Waals surface area contributed by atoms with Gasteiger partial charge in [-0.15, -0.1) is 11.3 Å². The minimum atomic E-state index is -0.116. The smallest absolute Gasteiger partial charge is 0.251 e.